The van der Waals surface area contributed by atoms with Crippen LogP contribution in [0.1, 0.15) is 33.8 Å². The Balaban J connectivity index is 1.57. The van der Waals surface area contributed by atoms with E-state index in [2.05, 4.69) is 39.6 Å². The number of carbonyl (C=O) groups excluding carboxylic acids is 1. The first-order valence-electron chi connectivity index (χ1n) is 10.8. The summed E-state index contributed by atoms with van der Waals surface area (Å²) in [4.78, 5) is 24.9. The van der Waals surface area contributed by atoms with Crippen molar-refractivity contribution in [3.63, 3.8) is 0 Å². The van der Waals surface area contributed by atoms with E-state index in [0.29, 0.717) is 11.4 Å². The van der Waals surface area contributed by atoms with Crippen molar-refractivity contribution in [2.75, 3.05) is 18.0 Å². The summed E-state index contributed by atoms with van der Waals surface area (Å²) in [6.07, 6.45) is 5.37. The van der Waals surface area contributed by atoms with Crippen LogP contribution >= 0.6 is 11.3 Å². The number of aromatic nitrogens is 4. The number of rotatable bonds is 4. The number of nitrogens with zero attached hydrogens (tertiary/aromatic N) is 5. The van der Waals surface area contributed by atoms with Crippen molar-refractivity contribution < 1.29 is 4.79 Å². The van der Waals surface area contributed by atoms with E-state index in [9.17, 15) is 4.79 Å². The predicted octanol–water partition coefficient (Wildman–Crippen LogP) is 4.16. The third-order valence-electron chi connectivity index (χ3n) is 5.82. The fraction of sp³-hybridized carbons (Fsp3) is 0.292. The van der Waals surface area contributed by atoms with Gasteiger partial charge in [0.05, 0.1) is 11.6 Å². The molecule has 162 valence electrons. The summed E-state index contributed by atoms with van der Waals surface area (Å²) in [6, 6.07) is 11.8. The number of hydrogen-bond acceptors (Lipinski definition) is 7. The van der Waals surface area contributed by atoms with E-state index < -0.39 is 0 Å². The maximum absolute atomic E-state index is 13.8. The Morgan fingerprint density at radius 1 is 1.12 bits per heavy atom. The quantitative estimate of drug-likeness (QED) is 0.509. The maximum atomic E-state index is 13.8. The van der Waals surface area contributed by atoms with Gasteiger partial charge in [-0.05, 0) is 62.4 Å². The molecule has 1 aromatic carbocycles. The van der Waals surface area contributed by atoms with Gasteiger partial charge in [-0.3, -0.25) is 14.7 Å². The normalized spacial score (nSPS) is 16.2. The van der Waals surface area contributed by atoms with Crippen molar-refractivity contribution in [1.82, 2.24) is 25.5 Å². The van der Waals surface area contributed by atoms with Crippen LogP contribution in [0.5, 0.6) is 0 Å². The zero-order chi connectivity index (χ0) is 22.1. The van der Waals surface area contributed by atoms with Gasteiger partial charge in [0.2, 0.25) is 0 Å². The van der Waals surface area contributed by atoms with Crippen LogP contribution in [0, 0.1) is 13.8 Å². The number of piperidine rings is 1. The molecule has 0 aliphatic carbocycles. The van der Waals surface area contributed by atoms with Gasteiger partial charge in [0.1, 0.15) is 16.5 Å². The Labute approximate surface area is 190 Å². The highest BCUT2D eigenvalue weighted by Gasteiger charge is 2.30. The van der Waals surface area contributed by atoms with Gasteiger partial charge in [-0.15, -0.1) is 10.2 Å². The fourth-order valence-corrected chi connectivity index (χ4v) is 4.91. The number of pyridine rings is 2. The second kappa shape index (κ2) is 8.72. The van der Waals surface area contributed by atoms with Gasteiger partial charge in [-0.25, -0.2) is 4.98 Å². The number of amides is 1. The first kappa shape index (κ1) is 20.7. The highest BCUT2D eigenvalue weighted by Crippen LogP contribution is 2.31. The largest absolute Gasteiger partial charge is 0.315 e. The van der Waals surface area contributed by atoms with Crippen molar-refractivity contribution in [1.29, 1.82) is 0 Å². The summed E-state index contributed by atoms with van der Waals surface area (Å²) in [7, 11) is 0. The average Bonchev–Trinajstić information content (AvgIpc) is 3.26. The molecular weight excluding hydrogens is 420 g/mol. The molecule has 0 bridgehead atoms. The van der Waals surface area contributed by atoms with E-state index in [1.54, 1.807) is 12.4 Å². The third kappa shape index (κ3) is 3.87. The lowest BCUT2D eigenvalue weighted by Gasteiger charge is -2.34. The minimum atomic E-state index is -0.0885. The van der Waals surface area contributed by atoms with Crippen molar-refractivity contribution in [2.24, 2.45) is 0 Å². The molecule has 1 fully saturated rings. The van der Waals surface area contributed by atoms with Gasteiger partial charge >= 0.3 is 0 Å². The van der Waals surface area contributed by atoms with Crippen LogP contribution in [0.3, 0.4) is 0 Å². The minimum absolute atomic E-state index is 0.0273. The molecule has 0 radical (unpaired) electrons. The highest BCUT2D eigenvalue weighted by atomic mass is 32.1. The molecule has 1 aliphatic heterocycles. The first-order valence-corrected chi connectivity index (χ1v) is 11.6. The Bertz CT molecular complexity index is 1260. The molecule has 5 rings (SSSR count). The van der Waals surface area contributed by atoms with Gasteiger partial charge in [0, 0.05) is 24.3 Å². The number of benzene rings is 1. The molecule has 1 N–H and O–H groups in total. The summed E-state index contributed by atoms with van der Waals surface area (Å²) in [5.41, 5.74) is 2.36. The average molecular weight is 445 g/mol. The molecule has 1 aliphatic rings. The van der Waals surface area contributed by atoms with Crippen LogP contribution < -0.4 is 10.2 Å². The minimum Gasteiger partial charge on any atom is -0.315 e. The number of carbonyl (C=O) groups is 1. The molecule has 0 unspecified atom stereocenters. The molecule has 7 nitrogen and oxygen atoms in total. The zero-order valence-corrected chi connectivity index (χ0v) is 18.9. The topological polar surface area (TPSA) is 83.9 Å². The Kier molecular flexibility index (Phi) is 5.63. The lowest BCUT2D eigenvalue weighted by atomic mass is 10.0. The number of anilines is 1. The molecule has 1 saturated heterocycles. The Hall–Kier alpha value is -3.23. The van der Waals surface area contributed by atoms with Gasteiger partial charge in [0.25, 0.3) is 5.91 Å². The van der Waals surface area contributed by atoms with E-state index in [1.807, 2.05) is 36.1 Å². The number of hydrogen-bond donors (Lipinski definition) is 1. The highest BCUT2D eigenvalue weighted by molar-refractivity contribution is 7.14. The Morgan fingerprint density at radius 3 is 2.75 bits per heavy atom. The second-order valence-corrected chi connectivity index (χ2v) is 9.22. The van der Waals surface area contributed by atoms with E-state index in [4.69, 9.17) is 4.98 Å². The van der Waals surface area contributed by atoms with Crippen LogP contribution in [0.25, 0.3) is 21.5 Å². The molecule has 4 heterocycles. The summed E-state index contributed by atoms with van der Waals surface area (Å²) in [5.74, 6) is 0.623. The molecule has 8 heteroatoms. The molecule has 1 atom stereocenters. The van der Waals surface area contributed by atoms with Gasteiger partial charge in [0.15, 0.2) is 5.01 Å². The van der Waals surface area contributed by atoms with Crippen molar-refractivity contribution in [3.8, 4) is 10.7 Å². The lowest BCUT2D eigenvalue weighted by Crippen LogP contribution is -2.49. The molecule has 4 aromatic rings. The SMILES string of the molecule is Cc1nnc(-c2ccc(C(=O)N(c3nccc4cccc(C)c34)[C@@H]3CCCNC3)cn2)s1. The van der Waals surface area contributed by atoms with Crippen LogP contribution in [-0.2, 0) is 0 Å². The van der Waals surface area contributed by atoms with Crippen molar-refractivity contribution in [2.45, 2.75) is 32.7 Å². The molecule has 1 amide bonds. The van der Waals surface area contributed by atoms with Crippen molar-refractivity contribution in [3.05, 3.63) is 64.9 Å². The second-order valence-electron chi connectivity index (χ2n) is 8.04. The molecular formula is C24H24N6OS. The number of nitrogens with one attached hydrogen (secondary N) is 1. The molecule has 0 saturated carbocycles. The van der Waals surface area contributed by atoms with E-state index >= 15 is 0 Å². The first-order chi connectivity index (χ1) is 15.6. The summed E-state index contributed by atoms with van der Waals surface area (Å²) in [5, 5.41) is 15.4. The van der Waals surface area contributed by atoms with Crippen LogP contribution in [0.4, 0.5) is 5.82 Å². The third-order valence-corrected chi connectivity index (χ3v) is 6.68. The lowest BCUT2D eigenvalue weighted by molar-refractivity contribution is 0.0971. The smallest absolute Gasteiger partial charge is 0.261 e. The summed E-state index contributed by atoms with van der Waals surface area (Å²) < 4.78 is 0. The number of fused-ring (bicyclic) bond motifs is 1. The van der Waals surface area contributed by atoms with Crippen molar-refractivity contribution >= 4 is 33.8 Å². The zero-order valence-electron chi connectivity index (χ0n) is 18.1. The number of aryl methyl sites for hydroxylation is 2. The molecule has 0 spiro atoms. The van der Waals surface area contributed by atoms with Crippen LogP contribution in [0.15, 0.2) is 48.8 Å². The van der Waals surface area contributed by atoms with Gasteiger partial charge < -0.3 is 5.32 Å². The monoisotopic (exact) mass is 444 g/mol. The maximum Gasteiger partial charge on any atom is 0.261 e. The van der Waals surface area contributed by atoms with Gasteiger partial charge in [-0.2, -0.15) is 0 Å². The van der Waals surface area contributed by atoms with Gasteiger partial charge in [-0.1, -0.05) is 29.5 Å². The van der Waals surface area contributed by atoms with E-state index in [-0.39, 0.29) is 11.9 Å². The molecule has 32 heavy (non-hydrogen) atoms. The summed E-state index contributed by atoms with van der Waals surface area (Å²) in [6.45, 7) is 5.69. The Morgan fingerprint density at radius 2 is 2.03 bits per heavy atom. The standard InChI is InChI=1S/C24H24N6OS/c1-15-5-3-6-17-10-12-26-22(21(15)17)30(19-7-4-11-25-14-19)24(31)18-8-9-20(27-13-18)23-29-28-16(2)32-23/h3,5-6,8-10,12-13,19,25H,4,7,11,14H2,1-2H3/t19-/m1/s1. The summed E-state index contributed by atoms with van der Waals surface area (Å²) >= 11 is 1.49. The fourth-order valence-electron chi connectivity index (χ4n) is 4.24. The van der Waals surface area contributed by atoms with Crippen LogP contribution in [0.2, 0.25) is 0 Å². The van der Waals surface area contributed by atoms with E-state index in [1.165, 1.54) is 11.3 Å². The van der Waals surface area contributed by atoms with E-state index in [0.717, 1.165) is 58.0 Å². The van der Waals surface area contributed by atoms with Crippen LogP contribution in [-0.4, -0.2) is 45.2 Å². The predicted molar refractivity (Wildman–Crippen MR) is 127 cm³/mol. The molecule has 3 aromatic heterocycles.